The Hall–Kier alpha value is -1.43. The van der Waals surface area contributed by atoms with E-state index in [1.54, 1.807) is 4.90 Å². The third kappa shape index (κ3) is 1.49. The van der Waals surface area contributed by atoms with E-state index in [2.05, 4.69) is 10.3 Å². The highest BCUT2D eigenvalue weighted by molar-refractivity contribution is 5.78. The fourth-order valence-electron chi connectivity index (χ4n) is 2.18. The third-order valence-electron chi connectivity index (χ3n) is 3.25. The van der Waals surface area contributed by atoms with E-state index in [0.717, 1.165) is 18.7 Å². The summed E-state index contributed by atoms with van der Waals surface area (Å²) in [6.07, 6.45) is 3.27. The van der Waals surface area contributed by atoms with Crippen LogP contribution >= 0.6 is 0 Å². The van der Waals surface area contributed by atoms with E-state index in [1.165, 1.54) is 18.5 Å². The van der Waals surface area contributed by atoms with E-state index in [9.17, 15) is 4.79 Å². The maximum Gasteiger partial charge on any atom is 0.236 e. The summed E-state index contributed by atoms with van der Waals surface area (Å²) in [4.78, 5) is 13.2. The summed E-state index contributed by atoms with van der Waals surface area (Å²) in [7, 11) is 0. The molecule has 6 heteroatoms. The van der Waals surface area contributed by atoms with Crippen LogP contribution in [0, 0.1) is 0 Å². The van der Waals surface area contributed by atoms with Gasteiger partial charge in [-0.15, -0.1) is 5.10 Å². The quantitative estimate of drug-likeness (QED) is 0.727. The summed E-state index contributed by atoms with van der Waals surface area (Å²) in [5.41, 5.74) is 7.51. The fraction of sp³-hybridized carbons (Fsp3) is 0.700. The molecule has 3 rings (SSSR count). The van der Waals surface area contributed by atoms with Crippen molar-refractivity contribution >= 4 is 5.91 Å². The Morgan fingerprint density at radius 2 is 2.31 bits per heavy atom. The number of rotatable bonds is 2. The van der Waals surface area contributed by atoms with Crippen LogP contribution in [0.25, 0.3) is 0 Å². The second-order valence-corrected chi connectivity index (χ2v) is 4.43. The molecule has 1 amide bonds. The summed E-state index contributed by atoms with van der Waals surface area (Å²) in [5, 5.41) is 8.34. The molecular formula is C10H15N5O. The van der Waals surface area contributed by atoms with Crippen molar-refractivity contribution in [3.8, 4) is 0 Å². The second kappa shape index (κ2) is 3.55. The Labute approximate surface area is 93.4 Å². The van der Waals surface area contributed by atoms with Crippen molar-refractivity contribution in [2.24, 2.45) is 5.73 Å². The van der Waals surface area contributed by atoms with Crippen molar-refractivity contribution in [1.29, 1.82) is 0 Å². The van der Waals surface area contributed by atoms with E-state index in [-0.39, 0.29) is 12.5 Å². The van der Waals surface area contributed by atoms with Gasteiger partial charge in [0, 0.05) is 13.0 Å². The number of carbonyl (C=O) groups is 1. The number of amides is 1. The van der Waals surface area contributed by atoms with Gasteiger partial charge in [0.1, 0.15) is 5.69 Å². The average Bonchev–Trinajstić information content (AvgIpc) is 3.08. The lowest BCUT2D eigenvalue weighted by molar-refractivity contribution is -0.130. The van der Waals surface area contributed by atoms with Crippen LogP contribution < -0.4 is 5.73 Å². The molecule has 1 aromatic heterocycles. The van der Waals surface area contributed by atoms with Gasteiger partial charge >= 0.3 is 0 Å². The minimum absolute atomic E-state index is 0.00776. The van der Waals surface area contributed by atoms with Gasteiger partial charge in [0.2, 0.25) is 5.91 Å². The van der Waals surface area contributed by atoms with E-state index in [4.69, 9.17) is 5.73 Å². The zero-order valence-electron chi connectivity index (χ0n) is 9.09. The van der Waals surface area contributed by atoms with Crippen LogP contribution in [-0.4, -0.2) is 38.9 Å². The average molecular weight is 221 g/mol. The zero-order chi connectivity index (χ0) is 11.1. The van der Waals surface area contributed by atoms with Crippen molar-refractivity contribution in [3.63, 3.8) is 0 Å². The molecule has 0 bridgehead atoms. The number of carbonyl (C=O) groups excluding carboxylic acids is 1. The first kappa shape index (κ1) is 9.77. The van der Waals surface area contributed by atoms with Crippen molar-refractivity contribution in [1.82, 2.24) is 19.9 Å². The van der Waals surface area contributed by atoms with Crippen molar-refractivity contribution in [2.75, 3.05) is 13.1 Å². The van der Waals surface area contributed by atoms with Gasteiger partial charge in [-0.2, -0.15) is 0 Å². The van der Waals surface area contributed by atoms with Crippen molar-refractivity contribution < 1.29 is 4.79 Å². The third-order valence-corrected chi connectivity index (χ3v) is 3.25. The topological polar surface area (TPSA) is 77.0 Å². The summed E-state index contributed by atoms with van der Waals surface area (Å²) in [6, 6.07) is 0.563. The highest BCUT2D eigenvalue weighted by atomic mass is 16.2. The Kier molecular flexibility index (Phi) is 2.17. The minimum Gasteiger partial charge on any atom is -0.335 e. The SMILES string of the molecule is NCC(=O)N1CCc2c(nnn2C2CC2)C1. The van der Waals surface area contributed by atoms with Gasteiger partial charge in [0.15, 0.2) is 0 Å². The molecule has 6 nitrogen and oxygen atoms in total. The number of hydrogen-bond acceptors (Lipinski definition) is 4. The first-order valence-electron chi connectivity index (χ1n) is 5.70. The maximum absolute atomic E-state index is 11.5. The predicted molar refractivity (Wildman–Crippen MR) is 56.5 cm³/mol. The Morgan fingerprint density at radius 3 is 3.00 bits per heavy atom. The van der Waals surface area contributed by atoms with Crippen LogP contribution in [-0.2, 0) is 17.8 Å². The van der Waals surface area contributed by atoms with Crippen LogP contribution in [0.3, 0.4) is 0 Å². The first-order chi connectivity index (χ1) is 7.79. The van der Waals surface area contributed by atoms with Crippen LogP contribution in [0.15, 0.2) is 0 Å². The summed E-state index contributed by atoms with van der Waals surface area (Å²) >= 11 is 0. The minimum atomic E-state index is -0.00776. The maximum atomic E-state index is 11.5. The van der Waals surface area contributed by atoms with Crippen LogP contribution in [0.5, 0.6) is 0 Å². The van der Waals surface area contributed by atoms with E-state index >= 15 is 0 Å². The molecule has 2 aliphatic rings. The van der Waals surface area contributed by atoms with E-state index in [0.29, 0.717) is 12.6 Å². The van der Waals surface area contributed by atoms with Gasteiger partial charge < -0.3 is 10.6 Å². The van der Waals surface area contributed by atoms with E-state index in [1.807, 2.05) is 4.68 Å². The molecule has 1 aliphatic carbocycles. The van der Waals surface area contributed by atoms with Crippen molar-refractivity contribution in [2.45, 2.75) is 31.8 Å². The van der Waals surface area contributed by atoms with Gasteiger partial charge in [-0.1, -0.05) is 5.21 Å². The molecule has 1 fully saturated rings. The van der Waals surface area contributed by atoms with Crippen molar-refractivity contribution in [3.05, 3.63) is 11.4 Å². The van der Waals surface area contributed by atoms with Gasteiger partial charge in [0.25, 0.3) is 0 Å². The molecule has 0 aromatic carbocycles. The molecule has 2 heterocycles. The lowest BCUT2D eigenvalue weighted by Crippen LogP contribution is -2.40. The Morgan fingerprint density at radius 1 is 1.50 bits per heavy atom. The Balaban J connectivity index is 1.82. The van der Waals surface area contributed by atoms with Crippen LogP contribution in [0.1, 0.15) is 30.3 Å². The molecule has 0 unspecified atom stereocenters. The smallest absolute Gasteiger partial charge is 0.236 e. The second-order valence-electron chi connectivity index (χ2n) is 4.43. The molecule has 0 saturated heterocycles. The Bertz CT molecular complexity index is 423. The number of nitrogens with two attached hydrogens (primary N) is 1. The number of hydrogen-bond donors (Lipinski definition) is 1. The number of fused-ring (bicyclic) bond motifs is 1. The standard InChI is InChI=1S/C10H15N5O/c11-5-10(16)14-4-3-9-8(6-14)12-13-15(9)7-1-2-7/h7H,1-6,11H2. The summed E-state index contributed by atoms with van der Waals surface area (Å²) in [5.74, 6) is -0.00776. The lowest BCUT2D eigenvalue weighted by Gasteiger charge is -2.25. The highest BCUT2D eigenvalue weighted by Crippen LogP contribution is 2.36. The summed E-state index contributed by atoms with van der Waals surface area (Å²) < 4.78 is 2.04. The molecule has 0 atom stereocenters. The van der Waals surface area contributed by atoms with Crippen LogP contribution in [0.4, 0.5) is 0 Å². The molecular weight excluding hydrogens is 206 g/mol. The number of aromatic nitrogens is 3. The van der Waals surface area contributed by atoms with Gasteiger partial charge in [-0.25, -0.2) is 4.68 Å². The molecule has 1 aliphatic heterocycles. The van der Waals surface area contributed by atoms with Crippen LogP contribution in [0.2, 0.25) is 0 Å². The predicted octanol–water partition coefficient (Wildman–Crippen LogP) is -0.544. The zero-order valence-corrected chi connectivity index (χ0v) is 9.09. The molecule has 1 saturated carbocycles. The van der Waals surface area contributed by atoms with Gasteiger partial charge in [0.05, 0.1) is 24.8 Å². The highest BCUT2D eigenvalue weighted by Gasteiger charge is 2.31. The molecule has 2 N–H and O–H groups in total. The van der Waals surface area contributed by atoms with E-state index < -0.39 is 0 Å². The number of nitrogens with zero attached hydrogens (tertiary/aromatic N) is 4. The van der Waals surface area contributed by atoms with Gasteiger partial charge in [-0.05, 0) is 12.8 Å². The molecule has 86 valence electrons. The summed E-state index contributed by atoms with van der Waals surface area (Å²) in [6.45, 7) is 1.38. The molecule has 16 heavy (non-hydrogen) atoms. The molecule has 0 spiro atoms. The monoisotopic (exact) mass is 221 g/mol. The largest absolute Gasteiger partial charge is 0.335 e. The molecule has 1 aromatic rings. The van der Waals surface area contributed by atoms with Gasteiger partial charge in [-0.3, -0.25) is 4.79 Å². The fourth-order valence-corrected chi connectivity index (χ4v) is 2.18. The first-order valence-corrected chi connectivity index (χ1v) is 5.70. The normalized spacial score (nSPS) is 19.7. The molecule has 0 radical (unpaired) electrons. The lowest BCUT2D eigenvalue weighted by atomic mass is 10.1.